The summed E-state index contributed by atoms with van der Waals surface area (Å²) in [4.78, 5) is 40.0. The van der Waals surface area contributed by atoms with Gasteiger partial charge in [-0.05, 0) is 42.7 Å². The molecule has 5 rings (SSSR count). The standard InChI is InChI=1S/C24H23N5O3/c30-22(9-13-29-20-5-1-2-6-21(20)32-24(29)31)28-12-3-4-18(15-28)23-19(14-26-16-27-23)17-7-10-25-11-8-17/h1-2,5-8,10-11,14,16,18H,3-4,9,12-13,15H2. The van der Waals surface area contributed by atoms with Gasteiger partial charge in [0, 0.05) is 56.1 Å². The number of likely N-dealkylation sites (tertiary alicyclic amines) is 1. The van der Waals surface area contributed by atoms with Gasteiger partial charge < -0.3 is 9.32 Å². The molecule has 0 bridgehead atoms. The van der Waals surface area contributed by atoms with Crippen molar-refractivity contribution in [3.8, 4) is 11.1 Å². The number of fused-ring (bicyclic) bond motifs is 1. The molecule has 8 nitrogen and oxygen atoms in total. The fourth-order valence-electron chi connectivity index (χ4n) is 4.44. The van der Waals surface area contributed by atoms with Gasteiger partial charge in [-0.3, -0.25) is 14.3 Å². The number of hydrogen-bond donors (Lipinski definition) is 0. The number of piperidine rings is 1. The van der Waals surface area contributed by atoms with Gasteiger partial charge in [0.25, 0.3) is 0 Å². The molecule has 1 aliphatic rings. The zero-order valence-corrected chi connectivity index (χ0v) is 17.6. The van der Waals surface area contributed by atoms with Crippen LogP contribution in [0.25, 0.3) is 22.2 Å². The summed E-state index contributed by atoms with van der Waals surface area (Å²) >= 11 is 0. The largest absolute Gasteiger partial charge is 0.419 e. The molecule has 0 radical (unpaired) electrons. The number of hydrogen-bond acceptors (Lipinski definition) is 6. The number of pyridine rings is 1. The quantitative estimate of drug-likeness (QED) is 0.483. The first-order chi connectivity index (χ1) is 15.7. The molecule has 1 amide bonds. The van der Waals surface area contributed by atoms with Gasteiger partial charge in [-0.1, -0.05) is 12.1 Å². The van der Waals surface area contributed by atoms with E-state index in [0.717, 1.165) is 29.7 Å². The van der Waals surface area contributed by atoms with E-state index in [9.17, 15) is 9.59 Å². The second-order valence-corrected chi connectivity index (χ2v) is 7.97. The van der Waals surface area contributed by atoms with Gasteiger partial charge in [0.2, 0.25) is 5.91 Å². The van der Waals surface area contributed by atoms with E-state index < -0.39 is 5.76 Å². The van der Waals surface area contributed by atoms with Crippen molar-refractivity contribution in [2.75, 3.05) is 13.1 Å². The number of carbonyl (C=O) groups is 1. The number of rotatable bonds is 5. The highest BCUT2D eigenvalue weighted by Gasteiger charge is 2.27. The predicted molar refractivity (Wildman–Crippen MR) is 119 cm³/mol. The first-order valence-electron chi connectivity index (χ1n) is 10.8. The number of carbonyl (C=O) groups excluding carboxylic acids is 1. The van der Waals surface area contributed by atoms with E-state index in [1.807, 2.05) is 41.4 Å². The number of amides is 1. The highest BCUT2D eigenvalue weighted by atomic mass is 16.4. The molecule has 1 saturated heterocycles. The van der Waals surface area contributed by atoms with Crippen LogP contribution in [-0.4, -0.2) is 43.4 Å². The maximum atomic E-state index is 13.0. The molecule has 1 unspecified atom stereocenters. The van der Waals surface area contributed by atoms with E-state index in [-0.39, 0.29) is 18.2 Å². The number of para-hydroxylation sites is 2. The molecule has 162 valence electrons. The summed E-state index contributed by atoms with van der Waals surface area (Å²) in [6.07, 6.45) is 9.02. The number of nitrogens with zero attached hydrogens (tertiary/aromatic N) is 5. The van der Waals surface area contributed by atoms with Crippen LogP contribution in [0.15, 0.2) is 70.5 Å². The van der Waals surface area contributed by atoms with Crippen molar-refractivity contribution in [1.82, 2.24) is 24.4 Å². The average molecular weight is 429 g/mol. The first-order valence-corrected chi connectivity index (χ1v) is 10.8. The second-order valence-electron chi connectivity index (χ2n) is 7.97. The van der Waals surface area contributed by atoms with E-state index >= 15 is 0 Å². The van der Waals surface area contributed by atoms with Gasteiger partial charge >= 0.3 is 5.76 Å². The minimum absolute atomic E-state index is 0.0337. The van der Waals surface area contributed by atoms with Crippen molar-refractivity contribution in [2.45, 2.75) is 31.7 Å². The summed E-state index contributed by atoms with van der Waals surface area (Å²) in [6.45, 7) is 1.62. The van der Waals surface area contributed by atoms with Crippen molar-refractivity contribution >= 4 is 17.0 Å². The molecule has 1 aliphatic heterocycles. The summed E-state index contributed by atoms with van der Waals surface area (Å²) < 4.78 is 6.80. The van der Waals surface area contributed by atoms with Crippen LogP contribution in [-0.2, 0) is 11.3 Å². The summed E-state index contributed by atoms with van der Waals surface area (Å²) in [5, 5.41) is 0. The monoisotopic (exact) mass is 429 g/mol. The number of aryl methyl sites for hydroxylation is 1. The minimum Gasteiger partial charge on any atom is -0.408 e. The van der Waals surface area contributed by atoms with Crippen molar-refractivity contribution in [2.24, 2.45) is 0 Å². The molecule has 1 fully saturated rings. The third-order valence-corrected chi connectivity index (χ3v) is 6.02. The maximum absolute atomic E-state index is 13.0. The summed E-state index contributed by atoms with van der Waals surface area (Å²) in [7, 11) is 0. The fraction of sp³-hybridized carbons (Fsp3) is 0.292. The second kappa shape index (κ2) is 8.74. The Morgan fingerprint density at radius 3 is 2.84 bits per heavy atom. The number of aromatic nitrogens is 4. The van der Waals surface area contributed by atoms with Gasteiger partial charge in [-0.2, -0.15) is 0 Å². The maximum Gasteiger partial charge on any atom is 0.419 e. The van der Waals surface area contributed by atoms with Gasteiger partial charge in [0.05, 0.1) is 11.2 Å². The van der Waals surface area contributed by atoms with E-state index in [2.05, 4.69) is 15.0 Å². The first kappa shape index (κ1) is 20.1. The average Bonchev–Trinajstić information content (AvgIpc) is 3.18. The minimum atomic E-state index is -0.432. The van der Waals surface area contributed by atoms with Crippen LogP contribution in [0.1, 0.15) is 30.9 Å². The molecule has 4 aromatic rings. The Balaban J connectivity index is 1.31. The van der Waals surface area contributed by atoms with Gasteiger partial charge in [0.15, 0.2) is 5.58 Å². The summed E-state index contributed by atoms with van der Waals surface area (Å²) in [5.74, 6) is -0.263. The van der Waals surface area contributed by atoms with E-state index in [1.54, 1.807) is 24.8 Å². The normalized spacial score (nSPS) is 16.4. The molecular weight excluding hydrogens is 406 g/mol. The molecule has 4 heterocycles. The van der Waals surface area contributed by atoms with Crippen LogP contribution >= 0.6 is 0 Å². The van der Waals surface area contributed by atoms with Crippen molar-refractivity contribution < 1.29 is 9.21 Å². The molecule has 8 heteroatoms. The van der Waals surface area contributed by atoms with Crippen molar-refractivity contribution in [1.29, 1.82) is 0 Å². The topological polar surface area (TPSA) is 94.1 Å². The molecule has 0 N–H and O–H groups in total. The van der Waals surface area contributed by atoms with E-state index in [0.29, 0.717) is 30.7 Å². The highest BCUT2D eigenvalue weighted by molar-refractivity contribution is 5.77. The Hall–Kier alpha value is -3.81. The molecular formula is C24H23N5O3. The zero-order valence-electron chi connectivity index (χ0n) is 17.6. The van der Waals surface area contributed by atoms with Crippen LogP contribution in [0.5, 0.6) is 0 Å². The molecule has 1 aromatic carbocycles. The Morgan fingerprint density at radius 1 is 1.12 bits per heavy atom. The van der Waals surface area contributed by atoms with Gasteiger partial charge in [-0.25, -0.2) is 14.8 Å². The van der Waals surface area contributed by atoms with Crippen LogP contribution < -0.4 is 5.76 Å². The van der Waals surface area contributed by atoms with Crippen LogP contribution in [0, 0.1) is 0 Å². The number of benzene rings is 1. The van der Waals surface area contributed by atoms with E-state index in [1.165, 1.54) is 4.57 Å². The van der Waals surface area contributed by atoms with Gasteiger partial charge in [0.1, 0.15) is 6.33 Å². The summed E-state index contributed by atoms with van der Waals surface area (Å²) in [5.41, 5.74) is 4.21. The van der Waals surface area contributed by atoms with E-state index in [4.69, 9.17) is 4.42 Å². The van der Waals surface area contributed by atoms with Crippen LogP contribution in [0.3, 0.4) is 0 Å². The lowest BCUT2D eigenvalue weighted by Gasteiger charge is -2.33. The molecule has 32 heavy (non-hydrogen) atoms. The Labute approximate surface area is 184 Å². The lowest BCUT2D eigenvalue weighted by Crippen LogP contribution is -2.40. The van der Waals surface area contributed by atoms with Crippen LogP contribution in [0.2, 0.25) is 0 Å². The van der Waals surface area contributed by atoms with Crippen molar-refractivity contribution in [3.63, 3.8) is 0 Å². The summed E-state index contributed by atoms with van der Waals surface area (Å²) in [6, 6.07) is 11.2. The molecule has 0 aliphatic carbocycles. The number of oxazole rings is 1. The Bertz CT molecular complexity index is 1300. The van der Waals surface area contributed by atoms with Gasteiger partial charge in [-0.15, -0.1) is 0 Å². The lowest BCUT2D eigenvalue weighted by molar-refractivity contribution is -0.132. The molecule has 0 spiro atoms. The third kappa shape index (κ3) is 3.91. The molecule has 1 atom stereocenters. The van der Waals surface area contributed by atoms with Crippen LogP contribution in [0.4, 0.5) is 0 Å². The molecule has 0 saturated carbocycles. The third-order valence-electron chi connectivity index (χ3n) is 6.02. The molecule has 3 aromatic heterocycles. The Morgan fingerprint density at radius 2 is 1.97 bits per heavy atom. The zero-order chi connectivity index (χ0) is 21.9. The lowest BCUT2D eigenvalue weighted by atomic mass is 9.90. The smallest absolute Gasteiger partial charge is 0.408 e. The fourth-order valence-corrected chi connectivity index (χ4v) is 4.44. The Kier molecular flexibility index (Phi) is 5.49. The predicted octanol–water partition coefficient (Wildman–Crippen LogP) is 3.24. The van der Waals surface area contributed by atoms with Crippen molar-refractivity contribution in [3.05, 3.63) is 77.6 Å². The SMILES string of the molecule is O=C(CCn1c(=O)oc2ccccc21)N1CCCC(c2ncncc2-c2ccncc2)C1. The highest BCUT2D eigenvalue weighted by Crippen LogP contribution is 2.32.